The Morgan fingerprint density at radius 2 is 1.72 bits per heavy atom. The van der Waals surface area contributed by atoms with Crippen LogP contribution in [0.1, 0.15) is 63.0 Å². The smallest absolute Gasteiger partial charge is 0.127 e. The van der Waals surface area contributed by atoms with E-state index in [1.165, 1.54) is 37.7 Å². The summed E-state index contributed by atoms with van der Waals surface area (Å²) >= 11 is 0. The molecule has 0 fully saturated rings. The van der Waals surface area contributed by atoms with Gasteiger partial charge in [-0.05, 0) is 43.6 Å². The van der Waals surface area contributed by atoms with Crippen LogP contribution in [-0.4, -0.2) is 24.1 Å². The zero-order valence-electron chi connectivity index (χ0n) is 16.3. The molecule has 136 valence electrons. The molecule has 0 aliphatic carbocycles. The number of hydrogen-bond acceptors (Lipinski definition) is 2. The van der Waals surface area contributed by atoms with Crippen LogP contribution in [0.4, 0.5) is 0 Å². The lowest BCUT2D eigenvalue weighted by Gasteiger charge is -2.19. The van der Waals surface area contributed by atoms with Crippen LogP contribution >= 0.6 is 0 Å². The highest BCUT2D eigenvalue weighted by Crippen LogP contribution is 2.37. The topological polar surface area (TPSA) is 23.5 Å². The molecular weight excluding hydrogens is 306 g/mol. The minimum Gasteiger partial charge on any atom is -0.507 e. The molecule has 2 nitrogen and oxygen atoms in total. The van der Waals surface area contributed by atoms with E-state index in [1.807, 2.05) is 32.3 Å². The summed E-state index contributed by atoms with van der Waals surface area (Å²) in [6.07, 6.45) is 6.40. The first-order valence-electron chi connectivity index (χ1n) is 9.58. The van der Waals surface area contributed by atoms with Gasteiger partial charge in [-0.1, -0.05) is 75.9 Å². The zero-order chi connectivity index (χ0) is 18.2. The third-order valence-electron chi connectivity index (χ3n) is 4.84. The molecule has 2 rings (SSSR count). The standard InChI is InChI=1S/C23H33NO/c1-5-6-7-9-12-18(2)20-15-21(17-24(3)4)23(25)22(16-20)19-13-10-8-11-14-19/h8,10-11,13-16,18,25H,5-7,9,12,17H2,1-4H3. The number of unbranched alkanes of at least 4 members (excludes halogenated alkanes) is 3. The minimum atomic E-state index is 0.418. The van der Waals surface area contributed by atoms with Crippen molar-refractivity contribution in [3.8, 4) is 16.9 Å². The van der Waals surface area contributed by atoms with E-state index in [0.717, 1.165) is 23.2 Å². The van der Waals surface area contributed by atoms with Gasteiger partial charge in [0, 0.05) is 17.7 Å². The predicted molar refractivity (Wildman–Crippen MR) is 108 cm³/mol. The summed E-state index contributed by atoms with van der Waals surface area (Å²) in [6, 6.07) is 14.6. The summed E-state index contributed by atoms with van der Waals surface area (Å²) in [5.41, 5.74) is 4.39. The molecule has 2 aromatic carbocycles. The Labute approximate surface area is 153 Å². The van der Waals surface area contributed by atoms with Crippen molar-refractivity contribution in [1.82, 2.24) is 4.90 Å². The summed E-state index contributed by atoms with van der Waals surface area (Å²) < 4.78 is 0. The highest BCUT2D eigenvalue weighted by molar-refractivity contribution is 5.72. The van der Waals surface area contributed by atoms with E-state index >= 15 is 0 Å². The second kappa shape index (κ2) is 9.62. The van der Waals surface area contributed by atoms with Crippen molar-refractivity contribution in [3.63, 3.8) is 0 Å². The quantitative estimate of drug-likeness (QED) is 0.550. The molecule has 1 unspecified atom stereocenters. The lowest BCUT2D eigenvalue weighted by molar-refractivity contribution is 0.386. The van der Waals surface area contributed by atoms with Crippen molar-refractivity contribution < 1.29 is 5.11 Å². The molecule has 0 aliphatic rings. The number of benzene rings is 2. The largest absolute Gasteiger partial charge is 0.507 e. The number of rotatable bonds is 9. The van der Waals surface area contributed by atoms with Gasteiger partial charge in [0.2, 0.25) is 0 Å². The first-order valence-corrected chi connectivity index (χ1v) is 9.58. The summed E-state index contributed by atoms with van der Waals surface area (Å²) in [5, 5.41) is 10.8. The van der Waals surface area contributed by atoms with Gasteiger partial charge >= 0.3 is 0 Å². The van der Waals surface area contributed by atoms with E-state index in [2.05, 4.69) is 43.0 Å². The van der Waals surface area contributed by atoms with Gasteiger partial charge in [-0.25, -0.2) is 0 Å². The van der Waals surface area contributed by atoms with Crippen LogP contribution in [0.2, 0.25) is 0 Å². The van der Waals surface area contributed by atoms with E-state index in [-0.39, 0.29) is 0 Å². The van der Waals surface area contributed by atoms with Crippen LogP contribution in [0.5, 0.6) is 5.75 Å². The van der Waals surface area contributed by atoms with Crippen LogP contribution in [-0.2, 0) is 6.54 Å². The van der Waals surface area contributed by atoms with Crippen LogP contribution in [0.15, 0.2) is 42.5 Å². The Kier molecular flexibility index (Phi) is 7.52. The van der Waals surface area contributed by atoms with Crippen LogP contribution in [0.25, 0.3) is 11.1 Å². The Bertz CT molecular complexity index is 649. The molecule has 0 heterocycles. The second-order valence-electron chi connectivity index (χ2n) is 7.43. The summed E-state index contributed by atoms with van der Waals surface area (Å²) in [6.45, 7) is 5.32. The van der Waals surface area contributed by atoms with Gasteiger partial charge in [0.15, 0.2) is 0 Å². The van der Waals surface area contributed by atoms with Crippen LogP contribution in [0, 0.1) is 0 Å². The average Bonchev–Trinajstić information content (AvgIpc) is 2.60. The first-order chi connectivity index (χ1) is 12.0. The Hall–Kier alpha value is -1.80. The Balaban J connectivity index is 2.32. The zero-order valence-corrected chi connectivity index (χ0v) is 16.3. The van der Waals surface area contributed by atoms with E-state index < -0.39 is 0 Å². The SMILES string of the molecule is CCCCCCC(C)c1cc(CN(C)C)c(O)c(-c2ccccc2)c1. The van der Waals surface area contributed by atoms with Crippen molar-refractivity contribution in [1.29, 1.82) is 0 Å². The second-order valence-corrected chi connectivity index (χ2v) is 7.43. The molecule has 0 aromatic heterocycles. The van der Waals surface area contributed by atoms with E-state index in [1.54, 1.807) is 0 Å². The number of nitrogens with zero attached hydrogens (tertiary/aromatic N) is 1. The summed E-state index contributed by atoms with van der Waals surface area (Å²) in [5.74, 6) is 0.933. The van der Waals surface area contributed by atoms with Crippen molar-refractivity contribution in [2.24, 2.45) is 0 Å². The normalized spacial score (nSPS) is 12.5. The molecule has 25 heavy (non-hydrogen) atoms. The van der Waals surface area contributed by atoms with Gasteiger partial charge in [0.05, 0.1) is 0 Å². The maximum Gasteiger partial charge on any atom is 0.127 e. The molecular formula is C23H33NO. The molecule has 1 N–H and O–H groups in total. The van der Waals surface area contributed by atoms with Crippen molar-refractivity contribution >= 4 is 0 Å². The first kappa shape index (κ1) is 19.5. The molecule has 0 radical (unpaired) electrons. The van der Waals surface area contributed by atoms with Gasteiger partial charge in [-0.2, -0.15) is 0 Å². The predicted octanol–water partition coefficient (Wildman–Crippen LogP) is 6.19. The van der Waals surface area contributed by atoms with Crippen molar-refractivity contribution in [2.45, 2.75) is 58.4 Å². The Morgan fingerprint density at radius 3 is 2.36 bits per heavy atom. The van der Waals surface area contributed by atoms with Gasteiger partial charge < -0.3 is 10.0 Å². The number of aromatic hydroxyl groups is 1. The van der Waals surface area contributed by atoms with Crippen LogP contribution < -0.4 is 0 Å². The van der Waals surface area contributed by atoms with Gasteiger partial charge in [0.1, 0.15) is 5.75 Å². The number of phenolic OH excluding ortho intramolecular Hbond substituents is 1. The monoisotopic (exact) mass is 339 g/mol. The Morgan fingerprint density at radius 1 is 1.00 bits per heavy atom. The molecule has 1 atom stereocenters. The maximum atomic E-state index is 10.8. The molecule has 0 spiro atoms. The summed E-state index contributed by atoms with van der Waals surface area (Å²) in [7, 11) is 4.09. The average molecular weight is 340 g/mol. The molecule has 2 heteroatoms. The van der Waals surface area contributed by atoms with Gasteiger partial charge in [0.25, 0.3) is 0 Å². The van der Waals surface area contributed by atoms with Crippen molar-refractivity contribution in [3.05, 3.63) is 53.6 Å². The molecule has 0 saturated heterocycles. The van der Waals surface area contributed by atoms with Crippen LogP contribution in [0.3, 0.4) is 0 Å². The van der Waals surface area contributed by atoms with Gasteiger partial charge in [-0.15, -0.1) is 0 Å². The lowest BCUT2D eigenvalue weighted by atomic mass is 9.89. The number of hydrogen-bond donors (Lipinski definition) is 1. The molecule has 0 amide bonds. The third kappa shape index (κ3) is 5.61. The fraction of sp³-hybridized carbons (Fsp3) is 0.478. The third-order valence-corrected chi connectivity index (χ3v) is 4.84. The number of phenols is 1. The molecule has 0 aliphatic heterocycles. The minimum absolute atomic E-state index is 0.418. The van der Waals surface area contributed by atoms with E-state index in [4.69, 9.17) is 0 Å². The molecule has 0 bridgehead atoms. The van der Waals surface area contributed by atoms with Gasteiger partial charge in [-0.3, -0.25) is 0 Å². The maximum absolute atomic E-state index is 10.8. The molecule has 0 saturated carbocycles. The highest BCUT2D eigenvalue weighted by atomic mass is 16.3. The molecule has 2 aromatic rings. The summed E-state index contributed by atoms with van der Waals surface area (Å²) in [4.78, 5) is 2.11. The van der Waals surface area contributed by atoms with E-state index in [0.29, 0.717) is 11.7 Å². The fourth-order valence-corrected chi connectivity index (χ4v) is 3.35. The highest BCUT2D eigenvalue weighted by Gasteiger charge is 2.15. The lowest BCUT2D eigenvalue weighted by Crippen LogP contribution is -2.11. The fourth-order valence-electron chi connectivity index (χ4n) is 3.35. The van der Waals surface area contributed by atoms with Crippen molar-refractivity contribution in [2.75, 3.05) is 14.1 Å². The van der Waals surface area contributed by atoms with E-state index in [9.17, 15) is 5.11 Å².